The van der Waals surface area contributed by atoms with E-state index < -0.39 is 16.0 Å². The van der Waals surface area contributed by atoms with Gasteiger partial charge in [0.1, 0.15) is 17.3 Å². The van der Waals surface area contributed by atoms with Crippen LogP contribution in [0.2, 0.25) is 0 Å². The van der Waals surface area contributed by atoms with Crippen LogP contribution in [0.25, 0.3) is 6.08 Å². The van der Waals surface area contributed by atoms with Gasteiger partial charge in [-0.1, -0.05) is 18.6 Å². The highest BCUT2D eigenvalue weighted by molar-refractivity contribution is 7.89. The lowest BCUT2D eigenvalue weighted by molar-refractivity contribution is -0.138. The van der Waals surface area contributed by atoms with Gasteiger partial charge in [-0.15, -0.1) is 11.3 Å². The molecular weight excluding hydrogens is 398 g/mol. The molecule has 2 aromatic rings. The zero-order chi connectivity index (χ0) is 20.0. The van der Waals surface area contributed by atoms with Crippen LogP contribution in [0.1, 0.15) is 29.7 Å². The molecule has 0 N–H and O–H groups in total. The molecule has 150 valence electrons. The quantitative estimate of drug-likeness (QED) is 0.504. The van der Waals surface area contributed by atoms with E-state index in [0.29, 0.717) is 24.4 Å². The Morgan fingerprint density at radius 3 is 2.68 bits per heavy atom. The molecule has 0 atom stereocenters. The number of carbonyl (C=O) groups excluding carboxylic acids is 1. The predicted molar refractivity (Wildman–Crippen MR) is 109 cm³/mol. The largest absolute Gasteiger partial charge is 0.495 e. The minimum Gasteiger partial charge on any atom is -0.495 e. The lowest BCUT2D eigenvalue weighted by Crippen LogP contribution is -2.35. The Balaban J connectivity index is 1.75. The van der Waals surface area contributed by atoms with Crippen molar-refractivity contribution in [2.45, 2.75) is 30.8 Å². The molecule has 6 nitrogen and oxygen atoms in total. The highest BCUT2D eigenvalue weighted by atomic mass is 32.2. The third kappa shape index (κ3) is 5.01. The van der Waals surface area contributed by atoms with E-state index in [1.807, 2.05) is 17.5 Å². The lowest BCUT2D eigenvalue weighted by atomic mass is 10.2. The van der Waals surface area contributed by atoms with E-state index in [1.54, 1.807) is 18.2 Å². The molecule has 28 heavy (non-hydrogen) atoms. The topological polar surface area (TPSA) is 72.9 Å². The fraction of sp³-hybridized carbons (Fsp3) is 0.350. The first kappa shape index (κ1) is 20.6. The number of sulfonamides is 1. The summed E-state index contributed by atoms with van der Waals surface area (Å²) in [5.41, 5.74) is 0.587. The van der Waals surface area contributed by atoms with E-state index in [0.717, 1.165) is 24.1 Å². The molecule has 8 heteroatoms. The number of ether oxygens (including phenoxy) is 2. The van der Waals surface area contributed by atoms with Gasteiger partial charge in [-0.2, -0.15) is 4.31 Å². The van der Waals surface area contributed by atoms with Crippen molar-refractivity contribution >= 4 is 33.4 Å². The highest BCUT2D eigenvalue weighted by Crippen LogP contribution is 2.30. The van der Waals surface area contributed by atoms with Crippen molar-refractivity contribution in [3.8, 4) is 5.75 Å². The molecule has 0 amide bonds. The normalized spacial score (nSPS) is 15.6. The van der Waals surface area contributed by atoms with Crippen LogP contribution in [-0.2, 0) is 26.2 Å². The molecule has 1 aliphatic rings. The Morgan fingerprint density at radius 2 is 2.00 bits per heavy atom. The van der Waals surface area contributed by atoms with E-state index in [1.165, 1.54) is 34.9 Å². The number of hydrogen-bond acceptors (Lipinski definition) is 6. The van der Waals surface area contributed by atoms with Crippen LogP contribution >= 0.6 is 11.3 Å². The number of rotatable bonds is 7. The monoisotopic (exact) mass is 421 g/mol. The molecule has 0 aliphatic carbocycles. The molecule has 0 spiro atoms. The summed E-state index contributed by atoms with van der Waals surface area (Å²) in [5, 5.41) is 1.92. The zero-order valence-corrected chi connectivity index (χ0v) is 17.3. The van der Waals surface area contributed by atoms with Gasteiger partial charge >= 0.3 is 5.97 Å². The number of methoxy groups -OCH3 is 1. The SMILES string of the molecule is COc1ccc(/C=C/C(=O)OCc2cccs2)cc1S(=O)(=O)N1CCCCC1. The fourth-order valence-electron chi connectivity index (χ4n) is 2.99. The number of piperidine rings is 1. The number of nitrogens with zero attached hydrogens (tertiary/aromatic N) is 1. The van der Waals surface area contributed by atoms with Crippen LogP contribution in [0.3, 0.4) is 0 Å². The Kier molecular flexibility index (Phi) is 6.88. The summed E-state index contributed by atoms with van der Waals surface area (Å²) in [6, 6.07) is 8.63. The van der Waals surface area contributed by atoms with Crippen molar-refractivity contribution < 1.29 is 22.7 Å². The second-order valence-corrected chi connectivity index (χ2v) is 9.33. The summed E-state index contributed by atoms with van der Waals surface area (Å²) in [7, 11) is -2.20. The van der Waals surface area contributed by atoms with Crippen LogP contribution in [0.15, 0.2) is 46.7 Å². The van der Waals surface area contributed by atoms with Gasteiger partial charge in [-0.05, 0) is 48.1 Å². The third-order valence-electron chi connectivity index (χ3n) is 4.47. The van der Waals surface area contributed by atoms with Gasteiger partial charge in [0, 0.05) is 24.0 Å². The fourth-order valence-corrected chi connectivity index (χ4v) is 5.32. The second kappa shape index (κ2) is 9.36. The summed E-state index contributed by atoms with van der Waals surface area (Å²) < 4.78 is 38.0. The van der Waals surface area contributed by atoms with Gasteiger partial charge < -0.3 is 9.47 Å². The molecule has 0 unspecified atom stereocenters. The van der Waals surface area contributed by atoms with Crippen LogP contribution in [-0.4, -0.2) is 38.9 Å². The number of benzene rings is 1. The number of esters is 1. The molecule has 0 bridgehead atoms. The number of carbonyl (C=O) groups is 1. The summed E-state index contributed by atoms with van der Waals surface area (Å²) in [6.07, 6.45) is 5.60. The first-order valence-electron chi connectivity index (χ1n) is 9.06. The Bertz CT molecular complexity index is 930. The van der Waals surface area contributed by atoms with Crippen LogP contribution in [0, 0.1) is 0 Å². The highest BCUT2D eigenvalue weighted by Gasteiger charge is 2.28. The van der Waals surface area contributed by atoms with Gasteiger partial charge in [0.25, 0.3) is 0 Å². The maximum atomic E-state index is 13.0. The summed E-state index contributed by atoms with van der Waals surface area (Å²) in [6.45, 7) is 1.25. The number of hydrogen-bond donors (Lipinski definition) is 0. The minimum absolute atomic E-state index is 0.117. The smallest absolute Gasteiger partial charge is 0.331 e. The Hall–Kier alpha value is -2.16. The van der Waals surface area contributed by atoms with E-state index in [-0.39, 0.29) is 11.5 Å². The van der Waals surface area contributed by atoms with Gasteiger partial charge in [-0.3, -0.25) is 0 Å². The summed E-state index contributed by atoms with van der Waals surface area (Å²) in [4.78, 5) is 13.0. The van der Waals surface area contributed by atoms with Crippen molar-refractivity contribution in [2.24, 2.45) is 0 Å². The third-order valence-corrected chi connectivity index (χ3v) is 7.24. The van der Waals surface area contributed by atoms with Gasteiger partial charge in [0.15, 0.2) is 0 Å². The van der Waals surface area contributed by atoms with Crippen molar-refractivity contribution in [3.63, 3.8) is 0 Å². The van der Waals surface area contributed by atoms with E-state index in [9.17, 15) is 13.2 Å². The maximum Gasteiger partial charge on any atom is 0.331 e. The molecule has 1 saturated heterocycles. The molecule has 1 aromatic heterocycles. The summed E-state index contributed by atoms with van der Waals surface area (Å²) in [5.74, 6) is -0.187. The Labute approximate surface area is 169 Å². The molecule has 1 aliphatic heterocycles. The Morgan fingerprint density at radius 1 is 1.21 bits per heavy atom. The lowest BCUT2D eigenvalue weighted by Gasteiger charge is -2.26. The summed E-state index contributed by atoms with van der Waals surface area (Å²) >= 11 is 1.52. The average Bonchev–Trinajstić information content (AvgIpc) is 3.25. The van der Waals surface area contributed by atoms with E-state index >= 15 is 0 Å². The van der Waals surface area contributed by atoms with Crippen LogP contribution in [0.4, 0.5) is 0 Å². The van der Waals surface area contributed by atoms with Gasteiger partial charge in [0.05, 0.1) is 7.11 Å². The molecule has 0 saturated carbocycles. The molecule has 0 radical (unpaired) electrons. The van der Waals surface area contributed by atoms with Crippen molar-refractivity contribution in [2.75, 3.05) is 20.2 Å². The van der Waals surface area contributed by atoms with Crippen molar-refractivity contribution in [3.05, 3.63) is 52.2 Å². The molecular formula is C20H23NO5S2. The van der Waals surface area contributed by atoms with Crippen LogP contribution in [0.5, 0.6) is 5.75 Å². The van der Waals surface area contributed by atoms with E-state index in [2.05, 4.69) is 0 Å². The number of thiophene rings is 1. The predicted octanol–water partition coefficient (Wildman–Crippen LogP) is 3.69. The minimum atomic E-state index is -3.65. The second-order valence-electron chi connectivity index (χ2n) is 6.40. The first-order valence-corrected chi connectivity index (χ1v) is 11.4. The van der Waals surface area contributed by atoms with Crippen molar-refractivity contribution in [1.82, 2.24) is 4.31 Å². The molecule has 3 rings (SSSR count). The molecule has 2 heterocycles. The zero-order valence-electron chi connectivity index (χ0n) is 15.7. The van der Waals surface area contributed by atoms with Crippen LogP contribution < -0.4 is 4.74 Å². The first-order chi connectivity index (χ1) is 13.5. The average molecular weight is 422 g/mol. The molecule has 1 fully saturated rings. The van der Waals surface area contributed by atoms with Gasteiger partial charge in [0.2, 0.25) is 10.0 Å². The maximum absolute atomic E-state index is 13.0. The van der Waals surface area contributed by atoms with E-state index in [4.69, 9.17) is 9.47 Å². The molecule has 1 aromatic carbocycles. The standard InChI is InChI=1S/C20H23NO5S2/c1-25-18-9-7-16(8-10-20(22)26-15-17-6-5-13-27-17)14-19(18)28(23,24)21-11-3-2-4-12-21/h5-10,13-14H,2-4,11-12,15H2,1H3/b10-8+. The van der Waals surface area contributed by atoms with Gasteiger partial charge in [-0.25, -0.2) is 13.2 Å². The van der Waals surface area contributed by atoms with Crippen molar-refractivity contribution in [1.29, 1.82) is 0 Å².